The standard InChI is InChI=1S/C24H37N7O.HI/c1-18(17-22-19(2)28-29(5)20(22)3)27-24(25-4)26-12-11-23(32)31-15-13-30(14-16-31)21-9-7-6-8-10-21;/h6-10,18H,11-17H2,1-5H3,(H2,25,26,27);1H. The first-order chi connectivity index (χ1) is 15.4. The van der Waals surface area contributed by atoms with E-state index in [2.05, 4.69) is 63.7 Å². The topological polar surface area (TPSA) is 77.8 Å². The number of aliphatic imine (C=N–C) groups is 1. The molecule has 182 valence electrons. The molecule has 8 nitrogen and oxygen atoms in total. The van der Waals surface area contributed by atoms with Crippen molar-refractivity contribution in [3.05, 3.63) is 47.3 Å². The van der Waals surface area contributed by atoms with E-state index in [0.717, 1.165) is 44.3 Å². The van der Waals surface area contributed by atoms with Crippen LogP contribution in [-0.2, 0) is 18.3 Å². The molecule has 33 heavy (non-hydrogen) atoms. The number of aryl methyl sites for hydroxylation is 2. The van der Waals surface area contributed by atoms with E-state index in [1.165, 1.54) is 16.9 Å². The van der Waals surface area contributed by atoms with Crippen LogP contribution in [0.4, 0.5) is 5.69 Å². The van der Waals surface area contributed by atoms with Crippen LogP contribution >= 0.6 is 24.0 Å². The second-order valence-electron chi connectivity index (χ2n) is 8.47. The fourth-order valence-electron chi connectivity index (χ4n) is 4.20. The summed E-state index contributed by atoms with van der Waals surface area (Å²) in [4.78, 5) is 21.3. The summed E-state index contributed by atoms with van der Waals surface area (Å²) in [6.45, 7) is 10.1. The van der Waals surface area contributed by atoms with Gasteiger partial charge in [-0.05, 0) is 44.9 Å². The fraction of sp³-hybridized carbons (Fsp3) is 0.542. The van der Waals surface area contributed by atoms with Crippen molar-refractivity contribution in [2.75, 3.05) is 44.7 Å². The third-order valence-corrected chi connectivity index (χ3v) is 6.16. The third-order valence-electron chi connectivity index (χ3n) is 6.16. The lowest BCUT2D eigenvalue weighted by Gasteiger charge is -2.36. The Morgan fingerprint density at radius 3 is 2.39 bits per heavy atom. The number of aromatic nitrogens is 2. The van der Waals surface area contributed by atoms with Gasteiger partial charge in [0.05, 0.1) is 5.69 Å². The zero-order valence-corrected chi connectivity index (χ0v) is 22.8. The zero-order chi connectivity index (χ0) is 23.1. The number of nitrogens with zero attached hydrogens (tertiary/aromatic N) is 5. The molecular formula is C24H38IN7O. The molecule has 2 heterocycles. The summed E-state index contributed by atoms with van der Waals surface area (Å²) in [5, 5.41) is 11.2. The molecule has 0 saturated carbocycles. The average Bonchev–Trinajstić information content (AvgIpc) is 3.04. The highest BCUT2D eigenvalue weighted by atomic mass is 127. The molecule has 1 aromatic carbocycles. The normalized spacial score (nSPS) is 15.1. The number of rotatable bonds is 7. The molecule has 9 heteroatoms. The van der Waals surface area contributed by atoms with E-state index in [1.54, 1.807) is 7.05 Å². The minimum Gasteiger partial charge on any atom is -0.368 e. The number of piperazine rings is 1. The van der Waals surface area contributed by atoms with Gasteiger partial charge in [-0.15, -0.1) is 24.0 Å². The van der Waals surface area contributed by atoms with E-state index in [4.69, 9.17) is 0 Å². The number of nitrogens with one attached hydrogen (secondary N) is 2. The summed E-state index contributed by atoms with van der Waals surface area (Å²) in [6.07, 6.45) is 1.33. The number of hydrogen-bond donors (Lipinski definition) is 2. The van der Waals surface area contributed by atoms with Gasteiger partial charge in [-0.3, -0.25) is 14.5 Å². The Kier molecular flexibility index (Phi) is 10.5. The molecular weight excluding hydrogens is 529 g/mol. The molecule has 1 amide bonds. The number of amides is 1. The number of anilines is 1. The molecule has 1 fully saturated rings. The van der Waals surface area contributed by atoms with Gasteiger partial charge in [-0.25, -0.2) is 0 Å². The van der Waals surface area contributed by atoms with Gasteiger partial charge >= 0.3 is 0 Å². The number of halogens is 1. The molecule has 1 aliphatic heterocycles. The second-order valence-corrected chi connectivity index (χ2v) is 8.47. The monoisotopic (exact) mass is 567 g/mol. The third kappa shape index (κ3) is 7.35. The fourth-order valence-corrected chi connectivity index (χ4v) is 4.20. The minimum absolute atomic E-state index is 0. The number of carbonyl (C=O) groups excluding carboxylic acids is 1. The molecule has 0 spiro atoms. The Bertz CT molecular complexity index is 920. The van der Waals surface area contributed by atoms with Gasteiger partial charge in [0.15, 0.2) is 5.96 Å². The highest BCUT2D eigenvalue weighted by Gasteiger charge is 2.21. The average molecular weight is 568 g/mol. The Morgan fingerprint density at radius 2 is 1.82 bits per heavy atom. The summed E-state index contributed by atoms with van der Waals surface area (Å²) in [7, 11) is 3.73. The molecule has 2 N–H and O–H groups in total. The summed E-state index contributed by atoms with van der Waals surface area (Å²) in [5.41, 5.74) is 4.76. The van der Waals surface area contributed by atoms with Gasteiger partial charge in [-0.2, -0.15) is 5.10 Å². The maximum atomic E-state index is 12.6. The van der Waals surface area contributed by atoms with Crippen molar-refractivity contribution in [3.8, 4) is 0 Å². The van der Waals surface area contributed by atoms with E-state index in [0.29, 0.717) is 13.0 Å². The first-order valence-electron chi connectivity index (χ1n) is 11.4. The van der Waals surface area contributed by atoms with Gasteiger partial charge in [0.25, 0.3) is 0 Å². The molecule has 1 aromatic heterocycles. The molecule has 1 saturated heterocycles. The van der Waals surface area contributed by atoms with E-state index < -0.39 is 0 Å². The van der Waals surface area contributed by atoms with Gasteiger partial charge in [0.2, 0.25) is 5.91 Å². The van der Waals surface area contributed by atoms with Crippen LogP contribution in [0.5, 0.6) is 0 Å². The molecule has 1 aliphatic rings. The largest absolute Gasteiger partial charge is 0.368 e. The van der Waals surface area contributed by atoms with Gasteiger partial charge in [0.1, 0.15) is 0 Å². The molecule has 1 atom stereocenters. The van der Waals surface area contributed by atoms with Gasteiger partial charge < -0.3 is 20.4 Å². The van der Waals surface area contributed by atoms with Crippen molar-refractivity contribution < 1.29 is 4.79 Å². The van der Waals surface area contributed by atoms with Crippen molar-refractivity contribution in [1.82, 2.24) is 25.3 Å². The second kappa shape index (κ2) is 12.8. The molecule has 1 unspecified atom stereocenters. The summed E-state index contributed by atoms with van der Waals surface area (Å²) in [5.74, 6) is 0.911. The quantitative estimate of drug-likeness (QED) is 0.306. The lowest BCUT2D eigenvalue weighted by Crippen LogP contribution is -2.49. The number of guanidine groups is 1. The predicted molar refractivity (Wildman–Crippen MR) is 146 cm³/mol. The maximum Gasteiger partial charge on any atom is 0.224 e. The molecule has 0 radical (unpaired) electrons. The van der Waals surface area contributed by atoms with Crippen molar-refractivity contribution >= 4 is 41.5 Å². The Balaban J connectivity index is 0.00000385. The summed E-state index contributed by atoms with van der Waals surface area (Å²) in [6, 6.07) is 10.6. The number of carbonyl (C=O) groups is 1. The maximum absolute atomic E-state index is 12.6. The smallest absolute Gasteiger partial charge is 0.224 e. The van der Waals surface area contributed by atoms with E-state index in [1.807, 2.05) is 29.6 Å². The molecule has 0 aliphatic carbocycles. The van der Waals surface area contributed by atoms with Crippen LogP contribution in [0.1, 0.15) is 30.3 Å². The highest BCUT2D eigenvalue weighted by molar-refractivity contribution is 14.0. The lowest BCUT2D eigenvalue weighted by atomic mass is 10.1. The Labute approximate surface area is 214 Å². The molecule has 0 bridgehead atoms. The first kappa shape index (κ1) is 26.9. The van der Waals surface area contributed by atoms with E-state index in [9.17, 15) is 4.79 Å². The zero-order valence-electron chi connectivity index (χ0n) is 20.5. The summed E-state index contributed by atoms with van der Waals surface area (Å²) < 4.78 is 1.93. The van der Waals surface area contributed by atoms with Gasteiger partial charge in [0, 0.05) is 70.7 Å². The van der Waals surface area contributed by atoms with Gasteiger partial charge in [-0.1, -0.05) is 18.2 Å². The number of benzene rings is 1. The van der Waals surface area contributed by atoms with E-state index >= 15 is 0 Å². The first-order valence-corrected chi connectivity index (χ1v) is 11.4. The Morgan fingerprint density at radius 1 is 1.15 bits per heavy atom. The van der Waals surface area contributed by atoms with Crippen molar-refractivity contribution in [3.63, 3.8) is 0 Å². The van der Waals surface area contributed by atoms with Crippen molar-refractivity contribution in [2.45, 2.75) is 39.7 Å². The number of hydrogen-bond acceptors (Lipinski definition) is 4. The molecule has 3 rings (SSSR count). The Hall–Kier alpha value is -2.30. The van der Waals surface area contributed by atoms with Crippen LogP contribution in [0.3, 0.4) is 0 Å². The predicted octanol–water partition coefficient (Wildman–Crippen LogP) is 2.49. The SMILES string of the molecule is CN=C(NCCC(=O)N1CCN(c2ccccc2)CC1)NC(C)Cc1c(C)nn(C)c1C.I. The highest BCUT2D eigenvalue weighted by Crippen LogP contribution is 2.16. The lowest BCUT2D eigenvalue weighted by molar-refractivity contribution is -0.131. The molecule has 2 aromatic rings. The van der Waals surface area contributed by atoms with Crippen LogP contribution in [0.25, 0.3) is 0 Å². The summed E-state index contributed by atoms with van der Waals surface area (Å²) >= 11 is 0. The minimum atomic E-state index is 0. The van der Waals surface area contributed by atoms with Crippen LogP contribution in [-0.4, -0.2) is 72.4 Å². The van der Waals surface area contributed by atoms with Crippen molar-refractivity contribution in [1.29, 1.82) is 0 Å². The van der Waals surface area contributed by atoms with Crippen LogP contribution in [0.2, 0.25) is 0 Å². The van der Waals surface area contributed by atoms with Crippen molar-refractivity contribution in [2.24, 2.45) is 12.0 Å². The van der Waals surface area contributed by atoms with Crippen LogP contribution in [0.15, 0.2) is 35.3 Å². The van der Waals surface area contributed by atoms with E-state index in [-0.39, 0.29) is 35.9 Å². The van der Waals surface area contributed by atoms with Crippen LogP contribution < -0.4 is 15.5 Å². The number of para-hydroxylation sites is 1. The van der Waals surface area contributed by atoms with Crippen LogP contribution in [0, 0.1) is 13.8 Å².